The third-order valence-corrected chi connectivity index (χ3v) is 2.54. The molecule has 0 unspecified atom stereocenters. The summed E-state index contributed by atoms with van der Waals surface area (Å²) in [5, 5.41) is 0. The topological polar surface area (TPSA) is 55.4 Å². The molecule has 27 heavy (non-hydrogen) atoms. The first kappa shape index (κ1) is 35.0. The van der Waals surface area contributed by atoms with Gasteiger partial charge in [-0.1, -0.05) is 40.5 Å². The van der Waals surface area contributed by atoms with Crippen molar-refractivity contribution in [1.29, 1.82) is 0 Å². The summed E-state index contributed by atoms with van der Waals surface area (Å²) in [7, 11) is 3.31. The molecule has 0 atom stereocenters. The van der Waals surface area contributed by atoms with Gasteiger partial charge in [0, 0.05) is 52.8 Å². The van der Waals surface area contributed by atoms with E-state index in [-0.39, 0.29) is 25.3 Å². The van der Waals surface area contributed by atoms with Crippen LogP contribution in [0.3, 0.4) is 0 Å². The van der Waals surface area contributed by atoms with Crippen LogP contribution in [0, 0.1) is 20.8 Å². The summed E-state index contributed by atoms with van der Waals surface area (Å²) >= 11 is 0. The first-order valence-corrected chi connectivity index (χ1v) is 9.41. The largest absolute Gasteiger partial charge is 0.382 e. The van der Waals surface area contributed by atoms with Crippen LogP contribution in [0.25, 0.3) is 0 Å². The summed E-state index contributed by atoms with van der Waals surface area (Å²) in [6, 6.07) is 0. The van der Waals surface area contributed by atoms with Gasteiger partial charge in [0.15, 0.2) is 0 Å². The van der Waals surface area contributed by atoms with Crippen molar-refractivity contribution in [3.8, 4) is 0 Å². The predicted octanol–water partition coefficient (Wildman–Crippen LogP) is 3.27. The van der Waals surface area contributed by atoms with Crippen molar-refractivity contribution in [2.24, 2.45) is 0 Å². The molecule has 0 aliphatic rings. The van der Waals surface area contributed by atoms with Crippen molar-refractivity contribution in [1.82, 2.24) is 0 Å². The van der Waals surface area contributed by atoms with E-state index in [0.717, 1.165) is 19.3 Å². The molecule has 0 rings (SSSR count). The van der Waals surface area contributed by atoms with Crippen LogP contribution in [0.15, 0.2) is 0 Å². The maximum atomic E-state index is 5.15. The maximum absolute atomic E-state index is 5.15. The molecule has 0 bridgehead atoms. The molecule has 0 spiro atoms. The van der Waals surface area contributed by atoms with E-state index in [1.807, 2.05) is 0 Å². The van der Waals surface area contributed by atoms with Crippen LogP contribution < -0.4 is 0 Å². The van der Waals surface area contributed by atoms with Crippen molar-refractivity contribution in [2.45, 2.75) is 32.6 Å². The van der Waals surface area contributed by atoms with Crippen LogP contribution in [-0.2, 0) is 28.4 Å². The van der Waals surface area contributed by atoms with Crippen molar-refractivity contribution in [2.75, 3.05) is 80.3 Å². The molecule has 0 saturated heterocycles. The van der Waals surface area contributed by atoms with E-state index in [4.69, 9.17) is 28.4 Å². The zero-order chi connectivity index (χ0) is 20.1. The summed E-state index contributed by atoms with van der Waals surface area (Å²) in [4.78, 5) is 0. The molecule has 0 heterocycles. The molecule has 7 heteroatoms. The van der Waals surface area contributed by atoms with Gasteiger partial charge < -0.3 is 28.4 Å². The Morgan fingerprint density at radius 3 is 1.00 bits per heavy atom. The van der Waals surface area contributed by atoms with Crippen molar-refractivity contribution in [3.05, 3.63) is 20.8 Å². The van der Waals surface area contributed by atoms with Crippen LogP contribution in [0.4, 0.5) is 0 Å². The van der Waals surface area contributed by atoms with Gasteiger partial charge in [-0.3, -0.25) is 0 Å². The van der Waals surface area contributed by atoms with Crippen LogP contribution in [0.5, 0.6) is 0 Å². The van der Waals surface area contributed by atoms with Gasteiger partial charge in [0.1, 0.15) is 0 Å². The molecule has 7 radical (unpaired) electrons. The Labute approximate surface area is 187 Å². The Morgan fingerprint density at radius 2 is 0.778 bits per heavy atom. The molecular weight excluding hydrogens is 455 g/mol. The van der Waals surface area contributed by atoms with E-state index in [0.29, 0.717) is 66.1 Å². The Hall–Kier alpha value is 0.559. The normalized spacial score (nSPS) is 9.56. The van der Waals surface area contributed by atoms with Gasteiger partial charge in [-0.25, -0.2) is 0 Å². The van der Waals surface area contributed by atoms with Crippen LogP contribution in [-0.4, -0.2) is 104 Å². The van der Waals surface area contributed by atoms with Crippen LogP contribution in [0.1, 0.15) is 34.0 Å². The Morgan fingerprint density at radius 1 is 0.519 bits per heavy atom. The maximum Gasteiger partial charge on any atom is 0.0701 e. The van der Waals surface area contributed by atoms with Gasteiger partial charge in [-0.05, 0) is 12.8 Å². The molecule has 0 aliphatic heterocycles. The minimum Gasteiger partial charge on any atom is -0.382 e. The third kappa shape index (κ3) is 52.0. The molecule has 6 nitrogen and oxygen atoms in total. The standard InChI is InChI=1S/2C8H17O3.C4H9.Sn.H2/c2*1-3-4-10-7-8-11-6-5-9-2;1-3-4-2;;/h2*1,3-8H2,2H3;1,3-4H2,2H3;;1H. The van der Waals surface area contributed by atoms with Crippen molar-refractivity contribution >= 4 is 23.9 Å². The number of ether oxygens (including phenoxy) is 6. The molecule has 165 valence electrons. The summed E-state index contributed by atoms with van der Waals surface area (Å²) in [5.41, 5.74) is 0. The van der Waals surface area contributed by atoms with Crippen molar-refractivity contribution < 1.29 is 29.8 Å². The number of unbranched alkanes of at least 4 members (excludes halogenated alkanes) is 1. The summed E-state index contributed by atoms with van der Waals surface area (Å²) in [6.45, 7) is 19.6. The van der Waals surface area contributed by atoms with Gasteiger partial charge in [0.25, 0.3) is 0 Å². The monoisotopic (exact) mass is 501 g/mol. The Kier molecular flexibility index (Phi) is 53.2. The average Bonchev–Trinajstić information content (AvgIpc) is 2.67. The molecule has 0 aliphatic carbocycles. The zero-order valence-corrected chi connectivity index (χ0v) is 20.8. The van der Waals surface area contributed by atoms with Gasteiger partial charge in [-0.15, -0.1) is 0 Å². The molecule has 0 fully saturated rings. The number of methoxy groups -OCH3 is 2. The molecular formula is C20H45O6Sn. The Balaban J connectivity index is -0.0000000998. The van der Waals surface area contributed by atoms with Crippen LogP contribution >= 0.6 is 0 Å². The smallest absolute Gasteiger partial charge is 0.0701 e. The molecule has 0 aromatic carbocycles. The van der Waals surface area contributed by atoms with E-state index in [1.54, 1.807) is 14.2 Å². The average molecular weight is 500 g/mol. The second kappa shape index (κ2) is 41.0. The first-order valence-electron chi connectivity index (χ1n) is 9.41. The van der Waals surface area contributed by atoms with Crippen molar-refractivity contribution in [3.63, 3.8) is 0 Å². The first-order chi connectivity index (χ1) is 12.7. The van der Waals surface area contributed by atoms with Gasteiger partial charge >= 0.3 is 0 Å². The fourth-order valence-corrected chi connectivity index (χ4v) is 1.13. The van der Waals surface area contributed by atoms with E-state index >= 15 is 0 Å². The number of hydrogen-bond acceptors (Lipinski definition) is 6. The zero-order valence-electron chi connectivity index (χ0n) is 18.0. The summed E-state index contributed by atoms with van der Waals surface area (Å²) in [5.74, 6) is 0. The van der Waals surface area contributed by atoms with Gasteiger partial charge in [0.05, 0.1) is 52.9 Å². The molecule has 0 aromatic heterocycles. The molecule has 0 aromatic rings. The van der Waals surface area contributed by atoms with Gasteiger partial charge in [-0.2, -0.15) is 0 Å². The van der Waals surface area contributed by atoms with E-state index < -0.39 is 0 Å². The molecule has 0 N–H and O–H groups in total. The van der Waals surface area contributed by atoms with E-state index in [9.17, 15) is 0 Å². The molecule has 0 saturated carbocycles. The minimum absolute atomic E-state index is 0. The summed E-state index contributed by atoms with van der Waals surface area (Å²) in [6.07, 6.45) is 3.91. The predicted molar refractivity (Wildman–Crippen MR) is 115 cm³/mol. The number of rotatable bonds is 17. The second-order valence-corrected chi connectivity index (χ2v) is 5.00. The number of hydrogen-bond donors (Lipinski definition) is 0. The molecule has 0 amide bonds. The van der Waals surface area contributed by atoms with E-state index in [2.05, 4.69) is 27.7 Å². The quantitative estimate of drug-likeness (QED) is 0.226. The second-order valence-electron chi connectivity index (χ2n) is 5.00. The Bertz CT molecular complexity index is 170. The van der Waals surface area contributed by atoms with E-state index in [1.165, 1.54) is 6.42 Å². The summed E-state index contributed by atoms with van der Waals surface area (Å²) < 4.78 is 30.2. The SMILES string of the molecule is [CH2]CCC.[CH2]CCOCCOCCOC.[CH2]CCOCCOCCOC.[HH].[Sn]. The van der Waals surface area contributed by atoms with Gasteiger partial charge in [0.2, 0.25) is 0 Å². The minimum atomic E-state index is 0. The fraction of sp³-hybridized carbons (Fsp3) is 0.850. The third-order valence-electron chi connectivity index (χ3n) is 2.54. The fourth-order valence-electron chi connectivity index (χ4n) is 1.13. The van der Waals surface area contributed by atoms with Crippen LogP contribution in [0.2, 0.25) is 0 Å².